The molecule has 2 rings (SSSR count). The number of amides is 1. The van der Waals surface area contributed by atoms with Gasteiger partial charge >= 0.3 is 0 Å². The molecule has 0 bridgehead atoms. The number of rotatable bonds is 3. The van der Waals surface area contributed by atoms with E-state index in [4.69, 9.17) is 4.74 Å². The van der Waals surface area contributed by atoms with Crippen molar-refractivity contribution in [2.75, 3.05) is 26.2 Å². The second-order valence-corrected chi connectivity index (χ2v) is 5.10. The van der Waals surface area contributed by atoms with Crippen molar-refractivity contribution in [2.45, 2.75) is 26.9 Å². The van der Waals surface area contributed by atoms with Gasteiger partial charge < -0.3 is 15.0 Å². The third kappa shape index (κ3) is 4.12. The smallest absolute Gasteiger partial charge is 0.263 e. The van der Waals surface area contributed by atoms with Crippen LogP contribution in [0.25, 0.3) is 0 Å². The van der Waals surface area contributed by atoms with E-state index >= 15 is 0 Å². The molecule has 1 aliphatic rings. The van der Waals surface area contributed by atoms with E-state index in [2.05, 4.69) is 5.32 Å². The molecule has 1 fully saturated rings. The largest absolute Gasteiger partial charge is 0.481 e. The van der Waals surface area contributed by atoms with Gasteiger partial charge in [-0.3, -0.25) is 4.79 Å². The van der Waals surface area contributed by atoms with Crippen molar-refractivity contribution in [3.05, 3.63) is 29.3 Å². The third-order valence-electron chi connectivity index (χ3n) is 3.42. The highest BCUT2D eigenvalue weighted by molar-refractivity contribution is 5.85. The predicted octanol–water partition coefficient (Wildman–Crippen LogP) is 1.92. The maximum absolute atomic E-state index is 12.3. The molecule has 1 aromatic rings. The maximum atomic E-state index is 12.3. The molecule has 1 atom stereocenters. The number of piperazine rings is 1. The monoisotopic (exact) mass is 298 g/mol. The number of carbonyl (C=O) groups is 1. The lowest BCUT2D eigenvalue weighted by atomic mass is 10.1. The molecule has 1 aromatic carbocycles. The highest BCUT2D eigenvalue weighted by Crippen LogP contribution is 2.21. The average molecular weight is 299 g/mol. The molecule has 1 saturated heterocycles. The Morgan fingerprint density at radius 2 is 1.95 bits per heavy atom. The first-order valence-electron chi connectivity index (χ1n) is 6.81. The van der Waals surface area contributed by atoms with Crippen LogP contribution in [0.3, 0.4) is 0 Å². The fourth-order valence-electron chi connectivity index (χ4n) is 2.22. The third-order valence-corrected chi connectivity index (χ3v) is 3.42. The normalized spacial score (nSPS) is 16.2. The molecule has 1 aliphatic heterocycles. The van der Waals surface area contributed by atoms with Gasteiger partial charge in [0.05, 0.1) is 0 Å². The summed E-state index contributed by atoms with van der Waals surface area (Å²) in [6.07, 6.45) is -0.432. The van der Waals surface area contributed by atoms with Crippen LogP contribution in [-0.2, 0) is 4.79 Å². The molecule has 1 N–H and O–H groups in total. The van der Waals surface area contributed by atoms with E-state index in [1.54, 1.807) is 0 Å². The Balaban J connectivity index is 0.00000200. The van der Waals surface area contributed by atoms with Gasteiger partial charge in [-0.15, -0.1) is 12.4 Å². The predicted molar refractivity (Wildman–Crippen MR) is 82.7 cm³/mol. The van der Waals surface area contributed by atoms with Crippen LogP contribution in [0.15, 0.2) is 18.2 Å². The Morgan fingerprint density at radius 1 is 1.30 bits per heavy atom. The van der Waals surface area contributed by atoms with Crippen molar-refractivity contribution >= 4 is 18.3 Å². The molecular formula is C15H23ClN2O2. The number of hydrogen-bond acceptors (Lipinski definition) is 3. The maximum Gasteiger partial charge on any atom is 0.263 e. The van der Waals surface area contributed by atoms with Crippen molar-refractivity contribution in [1.29, 1.82) is 0 Å². The standard InChI is InChI=1S/C15H22N2O2.ClH/c1-11-4-5-12(2)14(10-11)19-13(3)15(18)17-8-6-16-7-9-17;/h4-5,10,13,16H,6-9H2,1-3H3;1H. The summed E-state index contributed by atoms with van der Waals surface area (Å²) in [4.78, 5) is 14.1. The summed E-state index contributed by atoms with van der Waals surface area (Å²) in [5.74, 6) is 0.874. The van der Waals surface area contributed by atoms with Crippen molar-refractivity contribution in [3.63, 3.8) is 0 Å². The van der Waals surface area contributed by atoms with Gasteiger partial charge in [0.15, 0.2) is 6.10 Å². The molecule has 1 unspecified atom stereocenters. The van der Waals surface area contributed by atoms with Crippen LogP contribution in [0.4, 0.5) is 0 Å². The van der Waals surface area contributed by atoms with Crippen molar-refractivity contribution in [1.82, 2.24) is 10.2 Å². The van der Waals surface area contributed by atoms with E-state index in [1.807, 2.05) is 43.9 Å². The Kier molecular flexibility index (Phi) is 6.30. The topological polar surface area (TPSA) is 41.6 Å². The molecule has 0 aromatic heterocycles. The summed E-state index contributed by atoms with van der Waals surface area (Å²) in [5, 5.41) is 3.24. The number of benzene rings is 1. The highest BCUT2D eigenvalue weighted by Gasteiger charge is 2.23. The zero-order valence-electron chi connectivity index (χ0n) is 12.3. The summed E-state index contributed by atoms with van der Waals surface area (Å²) < 4.78 is 5.83. The molecule has 0 radical (unpaired) electrons. The fraction of sp³-hybridized carbons (Fsp3) is 0.533. The van der Waals surface area contributed by atoms with Gasteiger partial charge in [0.1, 0.15) is 5.75 Å². The Bertz CT molecular complexity index is 459. The van der Waals surface area contributed by atoms with Gasteiger partial charge in [0, 0.05) is 26.2 Å². The zero-order chi connectivity index (χ0) is 13.8. The number of nitrogens with one attached hydrogen (secondary N) is 1. The van der Waals surface area contributed by atoms with Crippen LogP contribution in [0.2, 0.25) is 0 Å². The van der Waals surface area contributed by atoms with Gasteiger partial charge in [-0.1, -0.05) is 12.1 Å². The van der Waals surface area contributed by atoms with Gasteiger partial charge in [-0.2, -0.15) is 0 Å². The molecule has 4 nitrogen and oxygen atoms in total. The minimum atomic E-state index is -0.432. The number of hydrogen-bond donors (Lipinski definition) is 1. The minimum absolute atomic E-state index is 0. The van der Waals surface area contributed by atoms with Crippen LogP contribution in [0, 0.1) is 13.8 Å². The average Bonchev–Trinajstić information content (AvgIpc) is 2.43. The van der Waals surface area contributed by atoms with Crippen LogP contribution in [0.5, 0.6) is 5.75 Å². The van der Waals surface area contributed by atoms with Crippen molar-refractivity contribution < 1.29 is 9.53 Å². The number of ether oxygens (including phenoxy) is 1. The second kappa shape index (κ2) is 7.50. The minimum Gasteiger partial charge on any atom is -0.481 e. The van der Waals surface area contributed by atoms with E-state index in [0.717, 1.165) is 43.1 Å². The summed E-state index contributed by atoms with van der Waals surface area (Å²) in [7, 11) is 0. The second-order valence-electron chi connectivity index (χ2n) is 5.10. The number of aryl methyl sites for hydroxylation is 2. The van der Waals surface area contributed by atoms with E-state index in [1.165, 1.54) is 0 Å². The summed E-state index contributed by atoms with van der Waals surface area (Å²) in [6, 6.07) is 6.05. The fourth-order valence-corrected chi connectivity index (χ4v) is 2.22. The summed E-state index contributed by atoms with van der Waals surface area (Å²) in [6.45, 7) is 9.10. The Morgan fingerprint density at radius 3 is 2.60 bits per heavy atom. The lowest BCUT2D eigenvalue weighted by Gasteiger charge is -2.30. The number of nitrogens with zero attached hydrogens (tertiary/aromatic N) is 1. The lowest BCUT2D eigenvalue weighted by molar-refractivity contribution is -0.138. The van der Waals surface area contributed by atoms with E-state index in [0.29, 0.717) is 0 Å². The van der Waals surface area contributed by atoms with Gasteiger partial charge in [-0.05, 0) is 38.0 Å². The first kappa shape index (κ1) is 16.8. The van der Waals surface area contributed by atoms with Crippen LogP contribution in [-0.4, -0.2) is 43.1 Å². The first-order chi connectivity index (χ1) is 9.08. The van der Waals surface area contributed by atoms with Gasteiger partial charge in [-0.25, -0.2) is 0 Å². The van der Waals surface area contributed by atoms with Gasteiger partial charge in [0.25, 0.3) is 5.91 Å². The number of halogens is 1. The quantitative estimate of drug-likeness (QED) is 0.927. The van der Waals surface area contributed by atoms with Crippen LogP contribution >= 0.6 is 12.4 Å². The first-order valence-corrected chi connectivity index (χ1v) is 6.81. The molecule has 1 amide bonds. The van der Waals surface area contributed by atoms with Gasteiger partial charge in [0.2, 0.25) is 0 Å². The SMILES string of the molecule is Cc1ccc(C)c(OC(C)C(=O)N2CCNCC2)c1.Cl. The van der Waals surface area contributed by atoms with Crippen LogP contribution in [0.1, 0.15) is 18.1 Å². The number of carbonyl (C=O) groups excluding carboxylic acids is 1. The summed E-state index contributed by atoms with van der Waals surface area (Å²) in [5.41, 5.74) is 2.20. The molecule has 1 heterocycles. The van der Waals surface area contributed by atoms with Crippen molar-refractivity contribution in [2.24, 2.45) is 0 Å². The molecule has 0 saturated carbocycles. The summed E-state index contributed by atoms with van der Waals surface area (Å²) >= 11 is 0. The van der Waals surface area contributed by atoms with E-state index in [-0.39, 0.29) is 18.3 Å². The molecule has 0 aliphatic carbocycles. The molecule has 0 spiro atoms. The van der Waals surface area contributed by atoms with E-state index in [9.17, 15) is 4.79 Å². The lowest BCUT2D eigenvalue weighted by Crippen LogP contribution is -2.50. The Hall–Kier alpha value is -1.26. The van der Waals surface area contributed by atoms with Crippen molar-refractivity contribution in [3.8, 4) is 5.75 Å². The highest BCUT2D eigenvalue weighted by atomic mass is 35.5. The van der Waals surface area contributed by atoms with E-state index < -0.39 is 6.10 Å². The van der Waals surface area contributed by atoms with Crippen LogP contribution < -0.4 is 10.1 Å². The molecule has 112 valence electrons. The molecule has 5 heteroatoms. The molecule has 20 heavy (non-hydrogen) atoms. The zero-order valence-corrected chi connectivity index (χ0v) is 13.1. The molecular weight excluding hydrogens is 276 g/mol. The Labute approximate surface area is 126 Å².